The molecule has 0 saturated carbocycles. The van der Waals surface area contributed by atoms with Gasteiger partial charge in [-0.05, 0) is 37.3 Å². The summed E-state index contributed by atoms with van der Waals surface area (Å²) in [5.74, 6) is -4.67. The lowest BCUT2D eigenvalue weighted by Crippen LogP contribution is -2.59. The minimum Gasteiger partial charge on any atom is -0.331 e. The summed E-state index contributed by atoms with van der Waals surface area (Å²) in [4.78, 5) is 53.2. The van der Waals surface area contributed by atoms with Gasteiger partial charge in [-0.1, -0.05) is 12.1 Å². The van der Waals surface area contributed by atoms with Crippen LogP contribution >= 0.6 is 0 Å². The molecule has 0 bridgehead atoms. The van der Waals surface area contributed by atoms with Crippen molar-refractivity contribution in [2.24, 2.45) is 0 Å². The van der Waals surface area contributed by atoms with E-state index < -0.39 is 72.3 Å². The number of amides is 6. The Morgan fingerprint density at radius 3 is 2.41 bits per heavy atom. The number of nitrogens with zero attached hydrogens (tertiary/aromatic N) is 3. The fourth-order valence-electron chi connectivity index (χ4n) is 5.27. The molecule has 4 rings (SSSR count). The molecule has 1 spiro atoms. The second kappa shape index (κ2) is 9.78. The number of carbonyl (C=O) groups excluding carboxylic acids is 4. The molecule has 0 unspecified atom stereocenters. The predicted molar refractivity (Wildman–Crippen MR) is 118 cm³/mol. The molecule has 3 fully saturated rings. The second-order valence-corrected chi connectivity index (χ2v) is 9.59. The van der Waals surface area contributed by atoms with E-state index in [1.54, 1.807) is 0 Å². The molecule has 3 saturated heterocycles. The molecular formula is C23H26F5N5O4. The first-order chi connectivity index (χ1) is 17.3. The molecule has 2 N–H and O–H groups in total. The van der Waals surface area contributed by atoms with Crippen LogP contribution in [-0.2, 0) is 9.59 Å². The number of rotatable bonds is 3. The van der Waals surface area contributed by atoms with Gasteiger partial charge in [0.05, 0.1) is 0 Å². The zero-order valence-electron chi connectivity index (χ0n) is 19.9. The number of hydrogen-bond acceptors (Lipinski definition) is 4. The van der Waals surface area contributed by atoms with E-state index in [1.807, 2.05) is 0 Å². The maximum absolute atomic E-state index is 14.4. The average Bonchev–Trinajstić information content (AvgIpc) is 2.94. The maximum atomic E-state index is 14.4. The molecule has 3 aliphatic rings. The molecule has 3 aliphatic heterocycles. The zero-order valence-corrected chi connectivity index (χ0v) is 19.9. The van der Waals surface area contributed by atoms with Gasteiger partial charge in [0.2, 0.25) is 5.91 Å². The van der Waals surface area contributed by atoms with Crippen LogP contribution in [0.1, 0.15) is 37.2 Å². The van der Waals surface area contributed by atoms with Crippen molar-refractivity contribution in [1.29, 1.82) is 0 Å². The lowest BCUT2D eigenvalue weighted by Gasteiger charge is -2.41. The Morgan fingerprint density at radius 1 is 1.14 bits per heavy atom. The molecular weight excluding hydrogens is 505 g/mol. The van der Waals surface area contributed by atoms with Gasteiger partial charge in [-0.25, -0.2) is 18.4 Å². The molecule has 6 amide bonds. The number of piperidine rings is 1. The molecule has 0 aromatic heterocycles. The molecule has 2 atom stereocenters. The summed E-state index contributed by atoms with van der Waals surface area (Å²) in [5.41, 5.74) is -1.22. The van der Waals surface area contributed by atoms with Crippen molar-refractivity contribution in [3.63, 3.8) is 0 Å². The van der Waals surface area contributed by atoms with Crippen LogP contribution in [0.5, 0.6) is 0 Å². The SMILES string of the molecule is CN1C(=O)NC(=O)C12CCN(C(=O)N[C@@H]1CC[C@@H](c3cccc(F)c3F)CN(CC(F)(F)F)C1=O)CC2. The number of halogens is 5. The largest absolute Gasteiger partial charge is 0.406 e. The van der Waals surface area contributed by atoms with E-state index in [2.05, 4.69) is 10.6 Å². The lowest BCUT2D eigenvalue weighted by atomic mass is 9.86. The van der Waals surface area contributed by atoms with Gasteiger partial charge in [-0.2, -0.15) is 13.2 Å². The van der Waals surface area contributed by atoms with E-state index in [0.29, 0.717) is 4.90 Å². The van der Waals surface area contributed by atoms with Crippen molar-refractivity contribution < 1.29 is 41.1 Å². The van der Waals surface area contributed by atoms with Gasteiger partial charge in [0.25, 0.3) is 5.91 Å². The van der Waals surface area contributed by atoms with Crippen molar-refractivity contribution >= 4 is 23.9 Å². The standard InChI is InChI=1S/C23H26F5N5O4/c1-31-20(36)30-19(35)22(31)7-9-32(10-8-22)21(37)29-16-6-5-13(14-3-2-4-15(24)17(14)25)11-33(18(16)34)12-23(26,27)28/h2-4,13,16H,5-12H2,1H3,(H,29,37)(H,30,35,36)/t13-,16-/m1/s1. The van der Waals surface area contributed by atoms with E-state index >= 15 is 0 Å². The van der Waals surface area contributed by atoms with Crippen LogP contribution in [0.25, 0.3) is 0 Å². The summed E-state index contributed by atoms with van der Waals surface area (Å²) >= 11 is 0. The van der Waals surface area contributed by atoms with E-state index in [-0.39, 0.29) is 44.3 Å². The number of carbonyl (C=O) groups is 4. The van der Waals surface area contributed by atoms with E-state index in [1.165, 1.54) is 29.0 Å². The molecule has 37 heavy (non-hydrogen) atoms. The summed E-state index contributed by atoms with van der Waals surface area (Å²) in [6, 6.07) is 0.841. The number of likely N-dealkylation sites (tertiary alicyclic amines) is 2. The van der Waals surface area contributed by atoms with Crippen LogP contribution in [-0.4, -0.2) is 89.6 Å². The fraction of sp³-hybridized carbons (Fsp3) is 0.565. The minimum absolute atomic E-state index is 0.0294. The summed E-state index contributed by atoms with van der Waals surface area (Å²) in [6.45, 7) is -1.96. The highest BCUT2D eigenvalue weighted by Crippen LogP contribution is 2.33. The van der Waals surface area contributed by atoms with Crippen LogP contribution in [0.2, 0.25) is 0 Å². The molecule has 3 heterocycles. The molecule has 202 valence electrons. The summed E-state index contributed by atoms with van der Waals surface area (Å²) in [5, 5.41) is 4.72. The minimum atomic E-state index is -4.74. The van der Waals surface area contributed by atoms with Gasteiger partial charge < -0.3 is 20.0 Å². The quantitative estimate of drug-likeness (QED) is 0.462. The van der Waals surface area contributed by atoms with Gasteiger partial charge >= 0.3 is 18.2 Å². The topological polar surface area (TPSA) is 102 Å². The molecule has 1 aromatic carbocycles. The lowest BCUT2D eigenvalue weighted by molar-refractivity contribution is -0.162. The molecule has 0 radical (unpaired) electrons. The predicted octanol–water partition coefficient (Wildman–Crippen LogP) is 2.33. The van der Waals surface area contributed by atoms with Crippen molar-refractivity contribution in [1.82, 2.24) is 25.3 Å². The van der Waals surface area contributed by atoms with Gasteiger partial charge in [-0.15, -0.1) is 0 Å². The number of urea groups is 2. The summed E-state index contributed by atoms with van der Waals surface area (Å²) in [7, 11) is 1.48. The zero-order chi connectivity index (χ0) is 27.1. The van der Waals surface area contributed by atoms with Crippen molar-refractivity contribution in [2.45, 2.75) is 49.4 Å². The number of imide groups is 1. The highest BCUT2D eigenvalue weighted by atomic mass is 19.4. The first-order valence-corrected chi connectivity index (χ1v) is 11.8. The van der Waals surface area contributed by atoms with Crippen LogP contribution in [0.4, 0.5) is 31.5 Å². The normalized spacial score (nSPS) is 24.4. The van der Waals surface area contributed by atoms with Crippen molar-refractivity contribution in [2.75, 3.05) is 33.2 Å². The third kappa shape index (κ3) is 5.18. The van der Waals surface area contributed by atoms with E-state index in [0.717, 1.165) is 6.07 Å². The number of nitrogens with one attached hydrogen (secondary N) is 2. The highest BCUT2D eigenvalue weighted by molar-refractivity contribution is 6.07. The van der Waals surface area contributed by atoms with Gasteiger partial charge in [-0.3, -0.25) is 14.9 Å². The maximum Gasteiger partial charge on any atom is 0.406 e. The van der Waals surface area contributed by atoms with Crippen LogP contribution in [0.15, 0.2) is 18.2 Å². The Kier molecular flexibility index (Phi) is 7.04. The first kappa shape index (κ1) is 26.6. The van der Waals surface area contributed by atoms with Gasteiger partial charge in [0.15, 0.2) is 11.6 Å². The number of alkyl halides is 3. The molecule has 0 aliphatic carbocycles. The second-order valence-electron chi connectivity index (χ2n) is 9.59. The Morgan fingerprint density at radius 2 is 1.81 bits per heavy atom. The smallest absolute Gasteiger partial charge is 0.331 e. The van der Waals surface area contributed by atoms with Crippen LogP contribution in [0.3, 0.4) is 0 Å². The summed E-state index contributed by atoms with van der Waals surface area (Å²) in [6.07, 6.45) is -4.51. The molecule has 1 aromatic rings. The number of benzene rings is 1. The number of hydrogen-bond donors (Lipinski definition) is 2. The van der Waals surface area contributed by atoms with Gasteiger partial charge in [0, 0.05) is 32.6 Å². The average molecular weight is 531 g/mol. The van der Waals surface area contributed by atoms with Crippen molar-refractivity contribution in [3.05, 3.63) is 35.4 Å². The Labute approximate surface area is 208 Å². The number of likely N-dealkylation sites (N-methyl/N-ethyl adjacent to an activating group) is 1. The third-order valence-corrected chi connectivity index (χ3v) is 7.41. The molecule has 14 heteroatoms. The Bertz CT molecular complexity index is 1110. The highest BCUT2D eigenvalue weighted by Gasteiger charge is 2.53. The van der Waals surface area contributed by atoms with Crippen molar-refractivity contribution in [3.8, 4) is 0 Å². The van der Waals surface area contributed by atoms with E-state index in [4.69, 9.17) is 0 Å². The van der Waals surface area contributed by atoms with Crippen LogP contribution in [0, 0.1) is 11.6 Å². The third-order valence-electron chi connectivity index (χ3n) is 7.41. The summed E-state index contributed by atoms with van der Waals surface area (Å²) < 4.78 is 67.9. The Balaban J connectivity index is 1.47. The molecule has 9 nitrogen and oxygen atoms in total. The van der Waals surface area contributed by atoms with Crippen LogP contribution < -0.4 is 10.6 Å². The Hall–Kier alpha value is -3.45. The van der Waals surface area contributed by atoms with E-state index in [9.17, 15) is 41.1 Å². The fourth-order valence-corrected chi connectivity index (χ4v) is 5.27. The first-order valence-electron chi connectivity index (χ1n) is 11.8. The van der Waals surface area contributed by atoms with Gasteiger partial charge in [0.1, 0.15) is 18.1 Å². The monoisotopic (exact) mass is 531 g/mol.